The summed E-state index contributed by atoms with van der Waals surface area (Å²) < 4.78 is 34.8. The van der Waals surface area contributed by atoms with Crippen molar-refractivity contribution in [3.63, 3.8) is 0 Å². The maximum absolute atomic E-state index is 12.9. The molecule has 0 aliphatic carbocycles. The fourth-order valence-corrected chi connectivity index (χ4v) is 11.9. The van der Waals surface area contributed by atoms with E-state index in [0.29, 0.717) is 23.9 Å². The zero-order valence-electron chi connectivity index (χ0n) is 56.2. The van der Waals surface area contributed by atoms with Crippen molar-refractivity contribution in [1.82, 2.24) is 0 Å². The molecule has 0 aromatic rings. The van der Waals surface area contributed by atoms with Crippen LogP contribution in [-0.2, 0) is 32.7 Å². The van der Waals surface area contributed by atoms with Crippen molar-refractivity contribution in [2.24, 2.45) is 0 Å². The third-order valence-electron chi connectivity index (χ3n) is 16.7. The molecule has 0 aromatic heterocycles. The number of esters is 2. The number of rotatable bonds is 69. The first kappa shape index (κ1) is 81.5. The van der Waals surface area contributed by atoms with Crippen molar-refractivity contribution in [2.75, 3.05) is 47.5 Å². The number of hydrogen-bond donors (Lipinski definition) is 1. The van der Waals surface area contributed by atoms with Crippen LogP contribution in [0.4, 0.5) is 0 Å². The molecule has 0 spiro atoms. The first-order valence-corrected chi connectivity index (χ1v) is 38.1. The first-order chi connectivity index (χ1) is 40.5. The molecule has 10 heteroatoms. The van der Waals surface area contributed by atoms with Gasteiger partial charge in [-0.1, -0.05) is 346 Å². The maximum atomic E-state index is 12.9. The van der Waals surface area contributed by atoms with Crippen molar-refractivity contribution in [1.29, 1.82) is 0 Å². The minimum atomic E-state index is -4.39. The lowest BCUT2D eigenvalue weighted by atomic mass is 10.0. The van der Waals surface area contributed by atoms with Crippen molar-refractivity contribution < 1.29 is 42.1 Å². The van der Waals surface area contributed by atoms with Crippen molar-refractivity contribution in [3.05, 3.63) is 24.3 Å². The summed E-state index contributed by atoms with van der Waals surface area (Å²) in [5.41, 5.74) is 0. The lowest BCUT2D eigenvalue weighted by Gasteiger charge is -2.24. The second-order valence-electron chi connectivity index (χ2n) is 26.3. The molecular formula is C73H143NO8P+. The van der Waals surface area contributed by atoms with Gasteiger partial charge in [0.05, 0.1) is 27.7 Å². The van der Waals surface area contributed by atoms with Gasteiger partial charge in [-0.25, -0.2) is 4.57 Å². The van der Waals surface area contributed by atoms with Gasteiger partial charge in [0, 0.05) is 12.8 Å². The van der Waals surface area contributed by atoms with Crippen LogP contribution in [0.3, 0.4) is 0 Å². The molecule has 0 aliphatic rings. The highest BCUT2D eigenvalue weighted by molar-refractivity contribution is 7.47. The highest BCUT2D eigenvalue weighted by atomic mass is 31.2. The van der Waals surface area contributed by atoms with Gasteiger partial charge < -0.3 is 18.9 Å². The second kappa shape index (κ2) is 64.9. The Kier molecular flexibility index (Phi) is 63.8. The number of nitrogens with zero attached hydrogens (tertiary/aromatic N) is 1. The summed E-state index contributed by atoms with van der Waals surface area (Å²) in [6.07, 6.45) is 81.6. The quantitative estimate of drug-likeness (QED) is 0.0211. The van der Waals surface area contributed by atoms with E-state index in [2.05, 4.69) is 38.2 Å². The summed E-state index contributed by atoms with van der Waals surface area (Å²) >= 11 is 0. The van der Waals surface area contributed by atoms with E-state index in [9.17, 15) is 19.0 Å². The summed E-state index contributed by atoms with van der Waals surface area (Å²) in [4.78, 5) is 35.9. The number of unbranched alkanes of at least 4 members (excludes halogenated alkanes) is 51. The average molecular weight is 1190 g/mol. The van der Waals surface area contributed by atoms with Gasteiger partial charge in [0.25, 0.3) is 0 Å². The standard InChI is InChI=1S/C73H142NO8P/c1-6-8-10-12-14-16-18-20-22-24-26-28-30-32-34-36-37-38-40-42-44-46-48-50-52-54-56-58-60-62-64-66-73(76)82-71(70-81-83(77,78)80-68-67-74(3,4)5)69-79-72(75)65-63-61-59-57-55-53-51-49-47-45-43-41-39-35-33-31-29-27-25-23-21-19-17-15-13-11-9-7-2/h18,20,24,26,71H,6-17,19,21-23,25,27-70H2,1-5H3/p+1/b20-18-,26-24-. The van der Waals surface area contributed by atoms with Crippen LogP contribution in [0.1, 0.15) is 380 Å². The molecule has 0 saturated carbocycles. The SMILES string of the molecule is CCCCCCC/C=C\C/C=C\CCCCCCCCCCCCCCCCCCCCCC(=O)OC(COC(=O)CCCCCCCCCCCCCCCCCCCCCCCCCCCCCC)COP(=O)(O)OCC[N+](C)(C)C. The third-order valence-corrected chi connectivity index (χ3v) is 17.7. The summed E-state index contributed by atoms with van der Waals surface area (Å²) in [6.45, 7) is 4.51. The Labute approximate surface area is 517 Å². The predicted molar refractivity (Wildman–Crippen MR) is 358 cm³/mol. The molecule has 0 fully saturated rings. The van der Waals surface area contributed by atoms with E-state index < -0.39 is 26.5 Å². The Morgan fingerprint density at radius 1 is 0.373 bits per heavy atom. The van der Waals surface area contributed by atoms with Gasteiger partial charge in [0.15, 0.2) is 6.10 Å². The number of likely N-dealkylation sites (N-methyl/N-ethyl adjacent to an activating group) is 1. The molecule has 83 heavy (non-hydrogen) atoms. The van der Waals surface area contributed by atoms with Crippen LogP contribution < -0.4 is 0 Å². The summed E-state index contributed by atoms with van der Waals surface area (Å²) in [5.74, 6) is -0.771. The van der Waals surface area contributed by atoms with Gasteiger partial charge in [0.1, 0.15) is 19.8 Å². The lowest BCUT2D eigenvalue weighted by Crippen LogP contribution is -2.37. The molecule has 0 aromatic carbocycles. The Bertz CT molecular complexity index is 1450. The molecule has 0 rings (SSSR count). The predicted octanol–water partition coefficient (Wildman–Crippen LogP) is 23.7. The Morgan fingerprint density at radius 2 is 0.651 bits per heavy atom. The molecule has 492 valence electrons. The second-order valence-corrected chi connectivity index (χ2v) is 27.8. The molecule has 2 atom stereocenters. The molecule has 0 radical (unpaired) electrons. The van der Waals surface area contributed by atoms with Crippen molar-refractivity contribution >= 4 is 19.8 Å². The molecule has 2 unspecified atom stereocenters. The molecule has 0 aliphatic heterocycles. The molecule has 0 heterocycles. The number of allylic oxidation sites excluding steroid dienone is 4. The normalized spacial score (nSPS) is 13.2. The number of carbonyl (C=O) groups is 2. The van der Waals surface area contributed by atoms with Crippen molar-refractivity contribution in [2.45, 2.75) is 386 Å². The molecule has 0 amide bonds. The zero-order valence-corrected chi connectivity index (χ0v) is 57.1. The Morgan fingerprint density at radius 3 is 0.952 bits per heavy atom. The lowest BCUT2D eigenvalue weighted by molar-refractivity contribution is -0.870. The van der Waals surface area contributed by atoms with Crippen LogP contribution in [-0.4, -0.2) is 74.9 Å². The van der Waals surface area contributed by atoms with Gasteiger partial charge in [-0.3, -0.25) is 18.6 Å². The van der Waals surface area contributed by atoms with E-state index in [0.717, 1.165) is 38.5 Å². The Hall–Kier alpha value is -1.51. The third kappa shape index (κ3) is 69.5. The highest BCUT2D eigenvalue weighted by Gasteiger charge is 2.27. The molecular weight excluding hydrogens is 1050 g/mol. The number of carbonyl (C=O) groups excluding carboxylic acids is 2. The Balaban J connectivity index is 3.96. The average Bonchev–Trinajstić information content (AvgIpc) is 3.49. The van der Waals surface area contributed by atoms with Gasteiger partial charge in [-0.2, -0.15) is 0 Å². The number of phosphoric acid groups is 1. The van der Waals surface area contributed by atoms with Crippen LogP contribution >= 0.6 is 7.82 Å². The molecule has 9 nitrogen and oxygen atoms in total. The van der Waals surface area contributed by atoms with Crippen LogP contribution in [0.5, 0.6) is 0 Å². The van der Waals surface area contributed by atoms with E-state index >= 15 is 0 Å². The smallest absolute Gasteiger partial charge is 0.462 e. The topological polar surface area (TPSA) is 108 Å². The van der Waals surface area contributed by atoms with Gasteiger partial charge in [-0.15, -0.1) is 0 Å². The fraction of sp³-hybridized carbons (Fsp3) is 0.918. The van der Waals surface area contributed by atoms with E-state index in [4.69, 9.17) is 18.5 Å². The molecule has 0 bridgehead atoms. The summed E-state index contributed by atoms with van der Waals surface area (Å²) in [7, 11) is 1.50. The number of ether oxygens (including phenoxy) is 2. The van der Waals surface area contributed by atoms with Gasteiger partial charge in [0.2, 0.25) is 0 Å². The maximum Gasteiger partial charge on any atom is 0.472 e. The fourth-order valence-electron chi connectivity index (χ4n) is 11.1. The number of phosphoric ester groups is 1. The van der Waals surface area contributed by atoms with Crippen LogP contribution in [0, 0.1) is 0 Å². The van der Waals surface area contributed by atoms with Crippen LogP contribution in [0.25, 0.3) is 0 Å². The van der Waals surface area contributed by atoms with E-state index in [1.807, 2.05) is 21.1 Å². The van der Waals surface area contributed by atoms with Crippen molar-refractivity contribution in [3.8, 4) is 0 Å². The summed E-state index contributed by atoms with van der Waals surface area (Å²) in [6, 6.07) is 0. The summed E-state index contributed by atoms with van der Waals surface area (Å²) in [5, 5.41) is 0. The monoisotopic (exact) mass is 1190 g/mol. The number of hydrogen-bond acceptors (Lipinski definition) is 7. The number of quaternary nitrogens is 1. The largest absolute Gasteiger partial charge is 0.472 e. The van der Waals surface area contributed by atoms with Gasteiger partial charge in [-0.05, 0) is 44.9 Å². The van der Waals surface area contributed by atoms with Crippen LogP contribution in [0.2, 0.25) is 0 Å². The molecule has 0 saturated heterocycles. The molecule has 1 N–H and O–H groups in total. The van der Waals surface area contributed by atoms with E-state index in [1.165, 1.54) is 308 Å². The minimum Gasteiger partial charge on any atom is -0.462 e. The zero-order chi connectivity index (χ0) is 60.5. The minimum absolute atomic E-state index is 0.0358. The van der Waals surface area contributed by atoms with Crippen LogP contribution in [0.15, 0.2) is 24.3 Å². The first-order valence-electron chi connectivity index (χ1n) is 36.6. The van der Waals surface area contributed by atoms with E-state index in [-0.39, 0.29) is 25.6 Å². The van der Waals surface area contributed by atoms with E-state index in [1.54, 1.807) is 0 Å². The van der Waals surface area contributed by atoms with Gasteiger partial charge >= 0.3 is 19.8 Å². The highest BCUT2D eigenvalue weighted by Crippen LogP contribution is 2.43.